The van der Waals surface area contributed by atoms with Crippen LogP contribution in [0.5, 0.6) is 11.5 Å². The van der Waals surface area contributed by atoms with Crippen LogP contribution in [0.1, 0.15) is 55.8 Å². The SMILES string of the molecule is Cc1cc(N2CCN(c3ccc(C(=O)Nc4ccc(F)cc4)cc3)CC2)ccc1OC[C@@H]1CO[C@@](Cn2cncn2)(c2ccc(F)cc2F)C1.Cc1cc(N2CCN(c3ccc(C(=O)O)cc3)CC2)ccc1OC[C@@H]1CO[C@@](Cn2cncn2)(c2ccc(F)cc2F)C1.I.II.I[I-]I.Nc1ccc(F)cc1. The Balaban J connectivity index is 0.000000212. The first-order chi connectivity index (χ1) is 51.2. The maximum absolute atomic E-state index is 15.0. The minimum atomic E-state index is -1.03. The zero-order chi connectivity index (χ0) is 75.3. The molecule has 0 radical (unpaired) electrons. The van der Waals surface area contributed by atoms with Crippen molar-refractivity contribution in [1.29, 1.82) is 0 Å². The summed E-state index contributed by atoms with van der Waals surface area (Å²) >= 11 is 9.54. The number of hydrogen-bond acceptors (Lipinski definition) is 15. The molecule has 0 spiro atoms. The molecule has 0 bridgehead atoms. The number of carboxylic acid groups (broad SMARTS) is 1. The molecule has 14 rings (SSSR count). The fraction of sp³-hybridized carbons (Fsp3) is 0.289. The van der Waals surface area contributed by atoms with Crippen LogP contribution in [0.2, 0.25) is 0 Å². The van der Waals surface area contributed by atoms with Crippen LogP contribution >= 0.6 is 98.4 Å². The van der Waals surface area contributed by atoms with Crippen molar-refractivity contribution in [2.75, 3.05) is 109 Å². The standard InChI is InChI=1S/C38H37F3N6O3.C32H33F2N5O4.C6H6FN.I3.I2.HI/c1-26-18-33(46-16-14-45(15-17-46)32-9-2-28(3-10-32)37(48)44-31-7-4-29(39)5-8-31)11-13-36(26)49-21-27-20-38(50-22-27,23-47-25-42-24-43-47)34-12-6-30(40)19-35(34)41;1-22-14-27(38-12-10-37(11-13-38)26-5-2-24(3-6-26)31(40)41)7-9-30(22)42-17-23-16-32(43-18-23,19-39-21-35-20-36-39)28-8-4-25(33)15-29(28)34;7-5-1-3-6(8)4-2-5;1-3-2;1-2;/h2-13,18-19,24-25,27H,14-17,20-23H2,1H3,(H,44,48);2-9,14-15,20-21,23H,10-13,16-19H2,1H3,(H,40,41);1-4H,8H2;;;1H/q;;;-1;;/t27-,38+;23-,32+;;;;/m11..../s1. The number of amides is 1. The number of piperazine rings is 2. The summed E-state index contributed by atoms with van der Waals surface area (Å²) in [6, 6.07) is 45.4. The number of aryl methyl sites for hydroxylation is 2. The smallest absolute Gasteiger partial charge is 0.123 e. The van der Waals surface area contributed by atoms with E-state index in [1.54, 1.807) is 46.3 Å². The Kier molecular flexibility index (Phi) is 32.3. The second-order valence-corrected chi connectivity index (χ2v) is 41.9. The third kappa shape index (κ3) is 23.3. The molecule has 4 N–H and O–H groups in total. The maximum atomic E-state index is 15.0. The first-order valence-electron chi connectivity index (χ1n) is 33.6. The summed E-state index contributed by atoms with van der Waals surface area (Å²) in [5, 5.41) is 20.3. The van der Waals surface area contributed by atoms with Crippen LogP contribution in [0.4, 0.5) is 60.5 Å². The molecule has 2 aromatic heterocycles. The van der Waals surface area contributed by atoms with Gasteiger partial charge in [0.25, 0.3) is 5.91 Å². The Labute approximate surface area is 687 Å². The molecule has 31 heteroatoms. The van der Waals surface area contributed by atoms with Crippen molar-refractivity contribution in [2.45, 2.75) is 51.0 Å². The molecule has 0 unspecified atom stereocenters. The normalized spacial score (nSPS) is 18.1. The van der Waals surface area contributed by atoms with Gasteiger partial charge in [0, 0.05) is 164 Å². The van der Waals surface area contributed by atoms with Gasteiger partial charge in [-0.3, -0.25) is 4.79 Å². The number of halogens is 12. The van der Waals surface area contributed by atoms with Crippen molar-refractivity contribution < 1.29 is 73.2 Å². The van der Waals surface area contributed by atoms with E-state index in [1.165, 1.54) is 85.5 Å². The largest absolute Gasteiger partial charge is 0.399 e. The maximum Gasteiger partial charge on any atom is 0.123 e. The first kappa shape index (κ1) is 84.5. The monoisotopic (exact) mass is 2150 g/mol. The van der Waals surface area contributed by atoms with Gasteiger partial charge in [-0.1, -0.05) is 12.1 Å². The topological polar surface area (TPSA) is 204 Å². The van der Waals surface area contributed by atoms with E-state index in [0.717, 1.165) is 110 Å². The van der Waals surface area contributed by atoms with E-state index in [9.17, 15) is 35.9 Å². The number of ether oxygens (including phenoxy) is 4. The number of carbonyl (C=O) groups excluding carboxylic acids is 1. The summed E-state index contributed by atoms with van der Waals surface area (Å²) in [5.74, 6) is -2.82. The zero-order valence-electron chi connectivity index (χ0n) is 58.0. The van der Waals surface area contributed by atoms with Crippen molar-refractivity contribution in [3.8, 4) is 11.5 Å². The van der Waals surface area contributed by atoms with Gasteiger partial charge in [-0.25, -0.2) is 50.5 Å². The Morgan fingerprint density at radius 3 is 1.25 bits per heavy atom. The van der Waals surface area contributed by atoms with Gasteiger partial charge in [-0.05, 0) is 183 Å². The Bertz CT molecular complexity index is 4450. The van der Waals surface area contributed by atoms with Crippen LogP contribution in [0.15, 0.2) is 195 Å². The van der Waals surface area contributed by atoms with Crippen LogP contribution in [0.25, 0.3) is 0 Å². The fourth-order valence-corrected chi connectivity index (χ4v) is 13.3. The molecule has 107 heavy (non-hydrogen) atoms. The predicted molar refractivity (Wildman–Crippen MR) is 443 cm³/mol. The Morgan fingerprint density at radius 1 is 0.533 bits per heavy atom. The Hall–Kier alpha value is -6.54. The second kappa shape index (κ2) is 40.9. The predicted octanol–water partition coefficient (Wildman–Crippen LogP) is 14.1. The van der Waals surface area contributed by atoms with Gasteiger partial charge in [0.1, 0.15) is 82.9 Å². The van der Waals surface area contributed by atoms with Crippen LogP contribution in [-0.4, -0.2) is 125 Å². The number of anilines is 6. The molecule has 0 aliphatic carbocycles. The average Bonchev–Trinajstić information content (AvgIpc) is 1.65. The molecule has 4 atom stereocenters. The van der Waals surface area contributed by atoms with E-state index in [0.29, 0.717) is 80.6 Å². The number of benzene rings is 8. The third-order valence-corrected chi connectivity index (χ3v) is 18.5. The quantitative estimate of drug-likeness (QED) is 0.0391. The molecular formula is C76H77F6I6N12O7-. The minimum absolute atomic E-state index is 0. The van der Waals surface area contributed by atoms with Gasteiger partial charge in [-0.2, -0.15) is 10.2 Å². The number of aromatic nitrogens is 6. The molecule has 19 nitrogen and oxygen atoms in total. The van der Waals surface area contributed by atoms with Gasteiger partial charge in [0.05, 0.1) is 45.1 Å². The summed E-state index contributed by atoms with van der Waals surface area (Å²) in [6.45, 7) is 12.7. The second-order valence-electron chi connectivity index (χ2n) is 25.6. The number of nitrogens with zero attached hydrogens (tertiary/aromatic N) is 10. The number of aromatic carboxylic acids is 1. The van der Waals surface area contributed by atoms with Gasteiger partial charge in [-0.15, -0.1) is 24.0 Å². The number of carbonyl (C=O) groups is 2. The summed E-state index contributed by atoms with van der Waals surface area (Å²) < 4.78 is 111. The molecule has 4 fully saturated rings. The number of nitrogens with two attached hydrogens (primary N) is 1. The van der Waals surface area contributed by atoms with Crippen LogP contribution in [0, 0.1) is 60.6 Å². The molecule has 8 aromatic carbocycles. The van der Waals surface area contributed by atoms with Gasteiger partial charge >= 0.3 is 56.5 Å². The van der Waals surface area contributed by atoms with E-state index in [-0.39, 0.29) is 72.0 Å². The molecule has 6 heterocycles. The summed E-state index contributed by atoms with van der Waals surface area (Å²) in [4.78, 5) is 41.0. The molecule has 568 valence electrons. The molecule has 4 aliphatic rings. The van der Waals surface area contributed by atoms with Crippen molar-refractivity contribution in [2.24, 2.45) is 11.8 Å². The van der Waals surface area contributed by atoms with Crippen molar-refractivity contribution in [3.63, 3.8) is 0 Å². The van der Waals surface area contributed by atoms with E-state index in [1.807, 2.05) is 50.2 Å². The van der Waals surface area contributed by atoms with E-state index in [2.05, 4.69) is 144 Å². The molecule has 0 saturated carbocycles. The number of carboxylic acids is 1. The zero-order valence-corrected chi connectivity index (χ0v) is 71.1. The van der Waals surface area contributed by atoms with Crippen molar-refractivity contribution in [3.05, 3.63) is 263 Å². The number of hydrogen-bond donors (Lipinski definition) is 3. The molecule has 4 saturated heterocycles. The average molecular weight is 2150 g/mol. The van der Waals surface area contributed by atoms with E-state index in [4.69, 9.17) is 29.8 Å². The molecular weight excluding hydrogens is 2070 g/mol. The number of nitrogen functional groups attached to an aromatic ring is 1. The van der Waals surface area contributed by atoms with Gasteiger partial charge in [0.2, 0.25) is 0 Å². The third-order valence-electron chi connectivity index (χ3n) is 18.5. The molecule has 10 aromatic rings. The fourth-order valence-electron chi connectivity index (χ4n) is 13.3. The summed E-state index contributed by atoms with van der Waals surface area (Å²) in [5.41, 5.74) is 12.1. The van der Waals surface area contributed by atoms with Gasteiger partial charge < -0.3 is 54.7 Å². The summed E-state index contributed by atoms with van der Waals surface area (Å²) in [6.07, 6.45) is 6.90. The van der Waals surface area contributed by atoms with Crippen LogP contribution in [0.3, 0.4) is 0 Å². The van der Waals surface area contributed by atoms with Crippen LogP contribution < -0.4 is 53.4 Å². The van der Waals surface area contributed by atoms with E-state index >= 15 is 0 Å². The van der Waals surface area contributed by atoms with Crippen LogP contribution in [-0.2, 0) is 33.8 Å². The molecule has 1 amide bonds. The van der Waals surface area contributed by atoms with E-state index < -0.39 is 40.4 Å². The van der Waals surface area contributed by atoms with Crippen molar-refractivity contribution in [1.82, 2.24) is 29.5 Å². The molecule has 4 aliphatic heterocycles. The minimum Gasteiger partial charge on any atom is -0.399 e. The van der Waals surface area contributed by atoms with Gasteiger partial charge in [0.15, 0.2) is 0 Å². The van der Waals surface area contributed by atoms with Crippen molar-refractivity contribution >= 4 is 144 Å². The summed E-state index contributed by atoms with van der Waals surface area (Å²) in [7, 11) is 0. The Morgan fingerprint density at radius 2 is 0.897 bits per heavy atom. The first-order valence-corrected chi connectivity index (χ1v) is 52.4. The number of rotatable bonds is 19. The number of nitrogens with one attached hydrogen (secondary N) is 1.